The molecule has 84 valence electrons. The highest BCUT2D eigenvalue weighted by molar-refractivity contribution is 4.98. The van der Waals surface area contributed by atoms with Gasteiger partial charge in [-0.25, -0.2) is 4.98 Å². The standard InChI is InChI=1S/C10H17N3O2/c1-2-13-5-3-12-10(13)15-8-9-7-11-4-6-14-9/h3,5,9,11H,2,4,6-8H2,1H3. The molecule has 0 amide bonds. The number of aromatic nitrogens is 2. The fourth-order valence-electron chi connectivity index (χ4n) is 1.57. The van der Waals surface area contributed by atoms with Crippen LogP contribution in [0.1, 0.15) is 6.92 Å². The third-order valence-electron chi connectivity index (χ3n) is 2.42. The molecule has 0 radical (unpaired) electrons. The molecule has 1 unspecified atom stereocenters. The second-order valence-electron chi connectivity index (χ2n) is 3.50. The van der Waals surface area contributed by atoms with Crippen LogP contribution < -0.4 is 10.1 Å². The van der Waals surface area contributed by atoms with Crippen molar-refractivity contribution in [1.29, 1.82) is 0 Å². The van der Waals surface area contributed by atoms with Crippen LogP contribution in [-0.4, -0.2) is 42.0 Å². The van der Waals surface area contributed by atoms with Gasteiger partial charge in [0.05, 0.1) is 6.61 Å². The van der Waals surface area contributed by atoms with Gasteiger partial charge in [0, 0.05) is 32.0 Å². The summed E-state index contributed by atoms with van der Waals surface area (Å²) in [5.41, 5.74) is 0. The Labute approximate surface area is 89.4 Å². The van der Waals surface area contributed by atoms with E-state index in [-0.39, 0.29) is 6.10 Å². The van der Waals surface area contributed by atoms with Gasteiger partial charge in [0.1, 0.15) is 12.7 Å². The molecule has 2 rings (SSSR count). The Morgan fingerprint density at radius 3 is 3.40 bits per heavy atom. The summed E-state index contributed by atoms with van der Waals surface area (Å²) in [4.78, 5) is 4.14. The molecule has 0 aliphatic carbocycles. The van der Waals surface area contributed by atoms with Crippen molar-refractivity contribution in [3.63, 3.8) is 0 Å². The Balaban J connectivity index is 1.81. The fourth-order valence-corrected chi connectivity index (χ4v) is 1.57. The second-order valence-corrected chi connectivity index (χ2v) is 3.50. The molecule has 2 heterocycles. The number of nitrogens with zero attached hydrogens (tertiary/aromatic N) is 2. The third-order valence-corrected chi connectivity index (χ3v) is 2.42. The molecule has 0 saturated carbocycles. The summed E-state index contributed by atoms with van der Waals surface area (Å²) in [5.74, 6) is 0. The largest absolute Gasteiger partial charge is 0.462 e. The predicted octanol–water partition coefficient (Wildman–Crippen LogP) is 0.270. The van der Waals surface area contributed by atoms with Crippen LogP contribution in [0.15, 0.2) is 12.4 Å². The van der Waals surface area contributed by atoms with Gasteiger partial charge in [-0.05, 0) is 6.92 Å². The molecular formula is C10H17N3O2. The van der Waals surface area contributed by atoms with Crippen molar-refractivity contribution < 1.29 is 9.47 Å². The summed E-state index contributed by atoms with van der Waals surface area (Å²) >= 11 is 0. The molecule has 5 heteroatoms. The number of ether oxygens (including phenoxy) is 2. The van der Waals surface area contributed by atoms with Crippen molar-refractivity contribution >= 4 is 0 Å². The number of aryl methyl sites for hydroxylation is 1. The predicted molar refractivity (Wildman–Crippen MR) is 56.0 cm³/mol. The lowest BCUT2D eigenvalue weighted by atomic mass is 10.3. The number of hydrogen-bond acceptors (Lipinski definition) is 4. The zero-order valence-electron chi connectivity index (χ0n) is 8.98. The molecule has 0 aromatic carbocycles. The van der Waals surface area contributed by atoms with Crippen LogP contribution in [-0.2, 0) is 11.3 Å². The number of hydrogen-bond donors (Lipinski definition) is 1. The zero-order chi connectivity index (χ0) is 10.5. The lowest BCUT2D eigenvalue weighted by molar-refractivity contribution is -0.00251. The monoisotopic (exact) mass is 211 g/mol. The first-order chi connectivity index (χ1) is 7.40. The molecule has 0 bridgehead atoms. The van der Waals surface area contributed by atoms with Crippen LogP contribution in [0.25, 0.3) is 0 Å². The highest BCUT2D eigenvalue weighted by Crippen LogP contribution is 2.08. The number of imidazole rings is 1. The SMILES string of the molecule is CCn1ccnc1OCC1CNCCO1. The molecule has 1 aromatic rings. The van der Waals surface area contributed by atoms with E-state index in [1.165, 1.54) is 0 Å². The second kappa shape index (κ2) is 5.14. The minimum Gasteiger partial charge on any atom is -0.462 e. The Morgan fingerprint density at radius 2 is 2.67 bits per heavy atom. The van der Waals surface area contributed by atoms with Crippen molar-refractivity contribution in [1.82, 2.24) is 14.9 Å². The fraction of sp³-hybridized carbons (Fsp3) is 0.700. The van der Waals surface area contributed by atoms with E-state index in [0.717, 1.165) is 26.2 Å². The van der Waals surface area contributed by atoms with E-state index in [2.05, 4.69) is 17.2 Å². The molecule has 15 heavy (non-hydrogen) atoms. The topological polar surface area (TPSA) is 48.3 Å². The lowest BCUT2D eigenvalue weighted by Gasteiger charge is -2.23. The molecule has 0 spiro atoms. The summed E-state index contributed by atoms with van der Waals surface area (Å²) in [7, 11) is 0. The van der Waals surface area contributed by atoms with Gasteiger partial charge in [0.25, 0.3) is 6.01 Å². The molecule has 1 aliphatic heterocycles. The third kappa shape index (κ3) is 2.70. The van der Waals surface area contributed by atoms with E-state index in [1.807, 2.05) is 10.8 Å². The molecule has 1 N–H and O–H groups in total. The minimum atomic E-state index is 0.140. The normalized spacial score (nSPS) is 21.5. The first kappa shape index (κ1) is 10.4. The maximum absolute atomic E-state index is 5.59. The average Bonchev–Trinajstić information content (AvgIpc) is 2.75. The highest BCUT2D eigenvalue weighted by atomic mass is 16.5. The first-order valence-corrected chi connectivity index (χ1v) is 5.36. The Hall–Kier alpha value is -1.07. The lowest BCUT2D eigenvalue weighted by Crippen LogP contribution is -2.41. The Bertz CT molecular complexity index is 295. The van der Waals surface area contributed by atoms with Gasteiger partial charge >= 0.3 is 0 Å². The van der Waals surface area contributed by atoms with Crippen molar-refractivity contribution in [3.8, 4) is 6.01 Å². The van der Waals surface area contributed by atoms with E-state index < -0.39 is 0 Å². The molecule has 5 nitrogen and oxygen atoms in total. The molecule has 1 fully saturated rings. The summed E-state index contributed by atoms with van der Waals surface area (Å²) in [5, 5.41) is 3.26. The van der Waals surface area contributed by atoms with Crippen molar-refractivity contribution in [2.75, 3.05) is 26.3 Å². The van der Waals surface area contributed by atoms with E-state index in [0.29, 0.717) is 12.6 Å². The van der Waals surface area contributed by atoms with E-state index in [9.17, 15) is 0 Å². The Kier molecular flexibility index (Phi) is 3.58. The average molecular weight is 211 g/mol. The van der Waals surface area contributed by atoms with Crippen molar-refractivity contribution in [2.24, 2.45) is 0 Å². The molecule has 1 atom stereocenters. The van der Waals surface area contributed by atoms with E-state index in [1.54, 1.807) is 6.20 Å². The maximum Gasteiger partial charge on any atom is 0.296 e. The van der Waals surface area contributed by atoms with Crippen molar-refractivity contribution in [3.05, 3.63) is 12.4 Å². The smallest absolute Gasteiger partial charge is 0.296 e. The quantitative estimate of drug-likeness (QED) is 0.776. The van der Waals surface area contributed by atoms with Gasteiger partial charge in [-0.3, -0.25) is 0 Å². The van der Waals surface area contributed by atoms with E-state index >= 15 is 0 Å². The molecule has 1 aromatic heterocycles. The van der Waals surface area contributed by atoms with Gasteiger partial charge < -0.3 is 19.4 Å². The Morgan fingerprint density at radius 1 is 1.73 bits per heavy atom. The van der Waals surface area contributed by atoms with Crippen LogP contribution in [0.4, 0.5) is 0 Å². The summed E-state index contributed by atoms with van der Waals surface area (Å²) in [6, 6.07) is 0.673. The minimum absolute atomic E-state index is 0.140. The summed E-state index contributed by atoms with van der Waals surface area (Å²) in [6.07, 6.45) is 3.80. The van der Waals surface area contributed by atoms with Crippen LogP contribution >= 0.6 is 0 Å². The maximum atomic E-state index is 5.59. The van der Waals surface area contributed by atoms with Crippen molar-refractivity contribution in [2.45, 2.75) is 19.6 Å². The number of nitrogens with one attached hydrogen (secondary N) is 1. The van der Waals surface area contributed by atoms with Gasteiger partial charge in [-0.15, -0.1) is 0 Å². The van der Waals surface area contributed by atoms with E-state index in [4.69, 9.17) is 9.47 Å². The summed E-state index contributed by atoms with van der Waals surface area (Å²) < 4.78 is 13.1. The van der Waals surface area contributed by atoms with Gasteiger partial charge in [0.15, 0.2) is 0 Å². The van der Waals surface area contributed by atoms with Gasteiger partial charge in [-0.1, -0.05) is 0 Å². The number of morpholine rings is 1. The van der Waals surface area contributed by atoms with Crippen LogP contribution in [0.5, 0.6) is 6.01 Å². The molecule has 1 aliphatic rings. The molecule has 1 saturated heterocycles. The summed E-state index contributed by atoms with van der Waals surface area (Å²) in [6.45, 7) is 6.04. The van der Waals surface area contributed by atoms with Crippen LogP contribution in [0, 0.1) is 0 Å². The van der Waals surface area contributed by atoms with Crippen LogP contribution in [0.3, 0.4) is 0 Å². The first-order valence-electron chi connectivity index (χ1n) is 5.36. The van der Waals surface area contributed by atoms with Gasteiger partial charge in [-0.2, -0.15) is 0 Å². The highest BCUT2D eigenvalue weighted by Gasteiger charge is 2.14. The van der Waals surface area contributed by atoms with Gasteiger partial charge in [0.2, 0.25) is 0 Å². The van der Waals surface area contributed by atoms with Crippen LogP contribution in [0.2, 0.25) is 0 Å². The zero-order valence-corrected chi connectivity index (χ0v) is 8.98. The number of rotatable bonds is 4. The molecular weight excluding hydrogens is 194 g/mol.